The zero-order valence-electron chi connectivity index (χ0n) is 54.6. The quantitative estimate of drug-likeness (QED) is 0.114. The number of rotatable bonds is 12. The van der Waals surface area contributed by atoms with E-state index >= 15 is 0 Å². The van der Waals surface area contributed by atoms with Crippen molar-refractivity contribution in [2.45, 2.75) is 101 Å². The normalized spacial score (nSPS) is 10.4. The fourth-order valence-corrected chi connectivity index (χ4v) is 10.8. The van der Waals surface area contributed by atoms with Crippen molar-refractivity contribution >= 4 is 0 Å². The molecule has 8 aromatic carbocycles. The van der Waals surface area contributed by atoms with Crippen molar-refractivity contribution in [1.82, 2.24) is 19.9 Å². The van der Waals surface area contributed by atoms with Gasteiger partial charge in [-0.05, 0) is 152 Å². The van der Waals surface area contributed by atoms with Crippen LogP contribution in [-0.2, 0) is 86.8 Å². The van der Waals surface area contributed by atoms with Crippen LogP contribution in [0.15, 0.2) is 237 Å². The Morgan fingerprint density at radius 3 is 1.07 bits per heavy atom. The van der Waals surface area contributed by atoms with Gasteiger partial charge in [-0.15, -0.1) is 142 Å². The van der Waals surface area contributed by atoms with Gasteiger partial charge in [-0.1, -0.05) is 190 Å². The topological polar surface area (TPSA) is 51.6 Å². The molecule has 0 spiro atoms. The van der Waals surface area contributed by atoms with Crippen LogP contribution >= 0.6 is 0 Å². The number of aromatic nitrogens is 4. The monoisotopic (exact) mass is 1920 g/mol. The summed E-state index contributed by atoms with van der Waals surface area (Å²) in [6.45, 7) is 26.3. The molecular formula is C84H80Ir4N4-4. The summed E-state index contributed by atoms with van der Waals surface area (Å²) in [5.74, 6) is 1.71. The Hall–Kier alpha value is -7.04. The third-order valence-electron chi connectivity index (χ3n) is 15.4. The van der Waals surface area contributed by atoms with Gasteiger partial charge >= 0.3 is 0 Å². The minimum Gasteiger partial charge on any atom is -0.305 e. The number of hydrogen-bond donors (Lipinski definition) is 0. The number of nitrogens with zero attached hydrogens (tertiary/aromatic N) is 4. The molecule has 4 nitrogen and oxygen atoms in total. The molecule has 0 saturated carbocycles. The van der Waals surface area contributed by atoms with E-state index in [1.54, 1.807) is 0 Å². The Morgan fingerprint density at radius 1 is 0.315 bits per heavy atom. The van der Waals surface area contributed by atoms with E-state index in [4.69, 9.17) is 0 Å². The average Bonchev–Trinajstić information content (AvgIpc) is 1.13. The van der Waals surface area contributed by atoms with Crippen LogP contribution in [0, 0.1) is 71.7 Å². The maximum absolute atomic E-state index is 4.55. The van der Waals surface area contributed by atoms with Crippen LogP contribution in [0.25, 0.3) is 89.5 Å². The van der Waals surface area contributed by atoms with Crippen molar-refractivity contribution in [3.63, 3.8) is 0 Å². The van der Waals surface area contributed by atoms with Gasteiger partial charge in [0.15, 0.2) is 0 Å². The molecule has 4 heterocycles. The van der Waals surface area contributed by atoms with Gasteiger partial charge in [0.05, 0.1) is 0 Å². The summed E-state index contributed by atoms with van der Waals surface area (Å²) in [5.41, 5.74) is 29.7. The Bertz CT molecular complexity index is 4170. The maximum atomic E-state index is 4.55. The molecule has 4 aromatic heterocycles. The second kappa shape index (κ2) is 37.0. The van der Waals surface area contributed by atoms with Crippen molar-refractivity contribution in [2.24, 2.45) is 5.92 Å². The number of pyridine rings is 4. The molecule has 0 aliphatic carbocycles. The van der Waals surface area contributed by atoms with Crippen LogP contribution in [0.3, 0.4) is 0 Å². The molecule has 0 aliphatic rings. The van der Waals surface area contributed by atoms with Crippen LogP contribution in [-0.4, -0.2) is 19.9 Å². The van der Waals surface area contributed by atoms with Gasteiger partial charge in [0.1, 0.15) is 0 Å². The molecule has 0 atom stereocenters. The first-order valence-electron chi connectivity index (χ1n) is 30.7. The van der Waals surface area contributed by atoms with E-state index < -0.39 is 0 Å². The minimum atomic E-state index is 0. The Morgan fingerprint density at radius 2 is 0.685 bits per heavy atom. The number of aryl methyl sites for hydroxylation is 5. The van der Waals surface area contributed by atoms with Crippen LogP contribution < -0.4 is 0 Å². The predicted molar refractivity (Wildman–Crippen MR) is 371 cm³/mol. The molecular weight excluding hydrogens is 1830 g/mol. The Kier molecular flexibility index (Phi) is 30.4. The first kappa shape index (κ1) is 75.7. The molecule has 0 amide bonds. The predicted octanol–water partition coefficient (Wildman–Crippen LogP) is 22.1. The first-order chi connectivity index (χ1) is 42.5. The molecule has 0 N–H and O–H groups in total. The van der Waals surface area contributed by atoms with E-state index in [0.29, 0.717) is 17.8 Å². The van der Waals surface area contributed by atoms with E-state index in [2.05, 4.69) is 255 Å². The van der Waals surface area contributed by atoms with Gasteiger partial charge in [0.2, 0.25) is 0 Å². The van der Waals surface area contributed by atoms with E-state index in [1.165, 1.54) is 94.6 Å². The molecule has 0 aliphatic heterocycles. The second-order valence-corrected chi connectivity index (χ2v) is 24.0. The fourth-order valence-electron chi connectivity index (χ4n) is 10.8. The van der Waals surface area contributed by atoms with Gasteiger partial charge < -0.3 is 19.9 Å². The zero-order chi connectivity index (χ0) is 62.1. The van der Waals surface area contributed by atoms with E-state index in [0.717, 1.165) is 51.5 Å². The van der Waals surface area contributed by atoms with Crippen molar-refractivity contribution in [3.8, 4) is 89.5 Å². The Labute approximate surface area is 603 Å². The van der Waals surface area contributed by atoms with Gasteiger partial charge in [0, 0.05) is 105 Å². The first-order valence-corrected chi connectivity index (χ1v) is 30.7. The summed E-state index contributed by atoms with van der Waals surface area (Å²) in [4.78, 5) is 17.8. The van der Waals surface area contributed by atoms with Gasteiger partial charge in [-0.2, -0.15) is 0 Å². The molecule has 0 unspecified atom stereocenters. The second-order valence-electron chi connectivity index (χ2n) is 24.0. The largest absolute Gasteiger partial charge is 0.305 e. The summed E-state index contributed by atoms with van der Waals surface area (Å²) in [7, 11) is 0. The standard InChI is InChI=1S/C23H24N.2C21H20N.C19H16N.4Ir/c1-16(2)20-13-21(17(3)4)15-22(14-20)18-8-7-9-19(12-18)23-10-5-6-11-24-23;1-14-10-15(2)12-20(11-14)18-6-5-7-19(13-18)21-17(4)16(3)8-9-22-21;1-16(2)13-17-7-5-8-18(14-17)19-9-6-10-20(15-19)21-11-3-4-12-22-21;1-14-10-15(2)12-18(11-14)16-6-5-7-17(13-16)19-8-3-4-9-20-19;;;;/h5-8,10-17H,1-4H3;5-6,8-13H,1-4H3;3-9,11-12,14-16H,13H2,1-2H3;3-6,8-13H,1-2H3;;;;/q4*-1;;;;. The fraction of sp³-hybridized carbons (Fsp3) is 0.190. The van der Waals surface area contributed by atoms with E-state index in [-0.39, 0.29) is 80.4 Å². The molecule has 0 fully saturated rings. The smallest absolute Gasteiger partial charge is 0.0163 e. The summed E-state index contributed by atoms with van der Waals surface area (Å²) in [6, 6.07) is 87.2. The van der Waals surface area contributed by atoms with Crippen LogP contribution in [0.1, 0.15) is 103 Å². The van der Waals surface area contributed by atoms with Crippen LogP contribution in [0.4, 0.5) is 0 Å². The molecule has 0 saturated heterocycles. The molecule has 92 heavy (non-hydrogen) atoms. The minimum absolute atomic E-state index is 0. The van der Waals surface area contributed by atoms with E-state index in [9.17, 15) is 0 Å². The van der Waals surface area contributed by atoms with Crippen LogP contribution in [0.2, 0.25) is 0 Å². The molecule has 4 radical (unpaired) electrons. The maximum Gasteiger partial charge on any atom is 0.0163 e. The SMILES string of the molecule is CC(C)Cc1cccc(-c2cc[c-]c(-c3ccccn3)c2)c1.CC(C)c1cc(-c2cc[c-]c(-c3ccccn3)c2)cc(C(C)C)c1.Cc1cc(C)cc(-c2cc[c-]c(-c3ccccn3)c2)c1.Cc1cc(C)cc(-c2cc[c-]c(-c3nccc(C)c3C)c2)c1.[Ir].[Ir].[Ir].[Ir]. The summed E-state index contributed by atoms with van der Waals surface area (Å²) < 4.78 is 0. The summed E-state index contributed by atoms with van der Waals surface area (Å²) in [6.07, 6.45) is 8.44. The molecule has 8 heteroatoms. The van der Waals surface area contributed by atoms with Gasteiger partial charge in [0.25, 0.3) is 0 Å². The molecule has 0 bridgehead atoms. The van der Waals surface area contributed by atoms with Crippen LogP contribution in [0.5, 0.6) is 0 Å². The zero-order valence-corrected chi connectivity index (χ0v) is 64.2. The van der Waals surface area contributed by atoms with Crippen molar-refractivity contribution in [3.05, 3.63) is 311 Å². The number of benzene rings is 8. The van der Waals surface area contributed by atoms with Crippen molar-refractivity contribution in [1.29, 1.82) is 0 Å². The van der Waals surface area contributed by atoms with E-state index in [1.807, 2.05) is 110 Å². The molecule has 12 aromatic rings. The third-order valence-corrected chi connectivity index (χ3v) is 15.4. The summed E-state index contributed by atoms with van der Waals surface area (Å²) in [5, 5.41) is 0. The molecule has 12 rings (SSSR count). The Balaban J connectivity index is 0.000000220. The average molecular weight is 1910 g/mol. The molecule has 476 valence electrons. The number of hydrogen-bond acceptors (Lipinski definition) is 4. The third kappa shape index (κ3) is 21.5. The summed E-state index contributed by atoms with van der Waals surface area (Å²) >= 11 is 0. The van der Waals surface area contributed by atoms with Crippen molar-refractivity contribution < 1.29 is 80.4 Å². The van der Waals surface area contributed by atoms with Crippen molar-refractivity contribution in [2.75, 3.05) is 0 Å². The van der Waals surface area contributed by atoms with Gasteiger partial charge in [-0.25, -0.2) is 0 Å². The van der Waals surface area contributed by atoms with Gasteiger partial charge in [-0.3, -0.25) is 0 Å².